The fraction of sp³-hybridized carbons (Fsp3) is 0.684. The van der Waals surface area contributed by atoms with Crippen LogP contribution in [0.5, 0.6) is 0 Å². The van der Waals surface area contributed by atoms with Gasteiger partial charge in [0.15, 0.2) is 0 Å². The van der Waals surface area contributed by atoms with Crippen LogP contribution < -0.4 is 5.32 Å². The smallest absolute Gasteiger partial charge is 0.0837 e. The first kappa shape index (κ1) is 16.5. The van der Waals surface area contributed by atoms with Crippen LogP contribution in [0.25, 0.3) is 0 Å². The Balaban J connectivity index is 2.16. The Hall–Kier alpha value is -0.860. The van der Waals surface area contributed by atoms with Gasteiger partial charge in [0.1, 0.15) is 0 Å². The lowest BCUT2D eigenvalue weighted by molar-refractivity contribution is -0.0612. The molecule has 1 N–H and O–H groups in total. The Kier molecular flexibility index (Phi) is 6.25. The average molecular weight is 289 g/mol. The zero-order chi connectivity index (χ0) is 15.1. The molecule has 1 atom stereocenters. The summed E-state index contributed by atoms with van der Waals surface area (Å²) in [7, 11) is 0. The van der Waals surface area contributed by atoms with Crippen LogP contribution in [0.2, 0.25) is 0 Å². The zero-order valence-corrected chi connectivity index (χ0v) is 14.0. The molecular weight excluding hydrogens is 258 g/mol. The molecule has 0 saturated heterocycles. The number of hydrogen-bond donors (Lipinski definition) is 1. The lowest BCUT2D eigenvalue weighted by Crippen LogP contribution is -2.52. The highest BCUT2D eigenvalue weighted by Gasteiger charge is 2.41. The van der Waals surface area contributed by atoms with E-state index in [4.69, 9.17) is 4.74 Å². The molecule has 1 unspecified atom stereocenters. The molecule has 1 saturated carbocycles. The molecule has 0 aromatic heterocycles. The highest BCUT2D eigenvalue weighted by Crippen LogP contribution is 2.37. The van der Waals surface area contributed by atoms with Crippen LogP contribution in [-0.2, 0) is 11.2 Å². The van der Waals surface area contributed by atoms with Gasteiger partial charge in [0.05, 0.1) is 5.60 Å². The fourth-order valence-electron chi connectivity index (χ4n) is 3.69. The Morgan fingerprint density at radius 3 is 2.62 bits per heavy atom. The average Bonchev–Trinajstić information content (AvgIpc) is 2.93. The summed E-state index contributed by atoms with van der Waals surface area (Å²) in [5.74, 6) is 0. The second-order valence-corrected chi connectivity index (χ2v) is 6.40. The lowest BCUT2D eigenvalue weighted by atomic mass is 9.86. The normalized spacial score (nSPS) is 18.8. The summed E-state index contributed by atoms with van der Waals surface area (Å²) in [5, 5.41) is 3.78. The molecule has 0 amide bonds. The number of rotatable bonds is 8. The molecule has 1 fully saturated rings. The van der Waals surface area contributed by atoms with E-state index in [2.05, 4.69) is 50.4 Å². The maximum absolute atomic E-state index is 6.29. The van der Waals surface area contributed by atoms with E-state index in [-0.39, 0.29) is 5.60 Å². The van der Waals surface area contributed by atoms with Gasteiger partial charge in [0.2, 0.25) is 0 Å². The minimum absolute atomic E-state index is 0.0493. The van der Waals surface area contributed by atoms with Gasteiger partial charge >= 0.3 is 0 Å². The summed E-state index contributed by atoms with van der Waals surface area (Å²) in [6, 6.07) is 9.34. The first-order chi connectivity index (χ1) is 10.2. The Labute approximate surface area is 130 Å². The summed E-state index contributed by atoms with van der Waals surface area (Å²) in [6.07, 6.45) is 7.26. The minimum atomic E-state index is 0.0493. The molecule has 2 heteroatoms. The molecule has 1 aliphatic rings. The molecule has 118 valence electrons. The van der Waals surface area contributed by atoms with E-state index in [0.29, 0.717) is 6.04 Å². The molecule has 0 radical (unpaired) electrons. The van der Waals surface area contributed by atoms with Gasteiger partial charge in [-0.15, -0.1) is 0 Å². The van der Waals surface area contributed by atoms with E-state index in [1.807, 2.05) is 0 Å². The van der Waals surface area contributed by atoms with Crippen molar-refractivity contribution in [2.24, 2.45) is 0 Å². The van der Waals surface area contributed by atoms with Crippen LogP contribution in [-0.4, -0.2) is 24.8 Å². The van der Waals surface area contributed by atoms with Crippen molar-refractivity contribution in [2.75, 3.05) is 13.2 Å². The Morgan fingerprint density at radius 2 is 2.00 bits per heavy atom. The third-order valence-corrected chi connectivity index (χ3v) is 4.68. The molecule has 0 spiro atoms. The second kappa shape index (κ2) is 7.95. The van der Waals surface area contributed by atoms with Crippen molar-refractivity contribution in [1.29, 1.82) is 0 Å². The second-order valence-electron chi connectivity index (χ2n) is 6.40. The number of ether oxygens (including phenoxy) is 1. The Bertz CT molecular complexity index is 423. The van der Waals surface area contributed by atoms with E-state index in [0.717, 1.165) is 19.6 Å². The van der Waals surface area contributed by atoms with Crippen LogP contribution in [0.15, 0.2) is 24.3 Å². The molecule has 1 aromatic carbocycles. The standard InChI is InChI=1S/C19H31NO/c1-4-13-20-18(15-17-10-8-9-16(3)14-17)19(21-5-2)11-6-7-12-19/h8-10,14,18,20H,4-7,11-13,15H2,1-3H3. The molecule has 0 aliphatic heterocycles. The van der Waals surface area contributed by atoms with Crippen molar-refractivity contribution in [3.8, 4) is 0 Å². The largest absolute Gasteiger partial charge is 0.374 e. The van der Waals surface area contributed by atoms with Crippen LogP contribution in [0.3, 0.4) is 0 Å². The molecule has 21 heavy (non-hydrogen) atoms. The summed E-state index contributed by atoms with van der Waals surface area (Å²) in [4.78, 5) is 0. The summed E-state index contributed by atoms with van der Waals surface area (Å²) >= 11 is 0. The summed E-state index contributed by atoms with van der Waals surface area (Å²) < 4.78 is 6.29. The van der Waals surface area contributed by atoms with Crippen LogP contribution in [0.4, 0.5) is 0 Å². The van der Waals surface area contributed by atoms with Crippen LogP contribution in [0.1, 0.15) is 57.1 Å². The van der Waals surface area contributed by atoms with Crippen molar-refractivity contribution in [3.05, 3.63) is 35.4 Å². The van der Waals surface area contributed by atoms with Crippen molar-refractivity contribution in [1.82, 2.24) is 5.32 Å². The molecule has 2 rings (SSSR count). The topological polar surface area (TPSA) is 21.3 Å². The molecule has 1 aliphatic carbocycles. The summed E-state index contributed by atoms with van der Waals surface area (Å²) in [5.41, 5.74) is 2.82. The first-order valence-electron chi connectivity index (χ1n) is 8.63. The van der Waals surface area contributed by atoms with Crippen molar-refractivity contribution < 1.29 is 4.74 Å². The van der Waals surface area contributed by atoms with Gasteiger partial charge in [-0.05, 0) is 51.6 Å². The minimum Gasteiger partial charge on any atom is -0.374 e. The van der Waals surface area contributed by atoms with Gasteiger partial charge in [-0.25, -0.2) is 0 Å². The highest BCUT2D eigenvalue weighted by molar-refractivity contribution is 5.24. The quantitative estimate of drug-likeness (QED) is 0.772. The van der Waals surface area contributed by atoms with Crippen LogP contribution in [0, 0.1) is 6.92 Å². The lowest BCUT2D eigenvalue weighted by Gasteiger charge is -2.38. The molecule has 0 bridgehead atoms. The molecule has 1 aromatic rings. The number of hydrogen-bond acceptors (Lipinski definition) is 2. The van der Waals surface area contributed by atoms with E-state index in [9.17, 15) is 0 Å². The first-order valence-corrected chi connectivity index (χ1v) is 8.63. The van der Waals surface area contributed by atoms with Gasteiger partial charge in [0, 0.05) is 12.6 Å². The number of aryl methyl sites for hydroxylation is 1. The maximum Gasteiger partial charge on any atom is 0.0837 e. The van der Waals surface area contributed by atoms with Gasteiger partial charge in [-0.1, -0.05) is 49.6 Å². The van der Waals surface area contributed by atoms with E-state index >= 15 is 0 Å². The Morgan fingerprint density at radius 1 is 1.24 bits per heavy atom. The number of nitrogens with one attached hydrogen (secondary N) is 1. The van der Waals surface area contributed by atoms with Crippen molar-refractivity contribution >= 4 is 0 Å². The van der Waals surface area contributed by atoms with Gasteiger partial charge in [0.25, 0.3) is 0 Å². The molecular formula is C19H31NO. The van der Waals surface area contributed by atoms with Crippen molar-refractivity contribution in [3.63, 3.8) is 0 Å². The number of benzene rings is 1. The molecule has 0 heterocycles. The summed E-state index contributed by atoms with van der Waals surface area (Å²) in [6.45, 7) is 8.43. The fourth-order valence-corrected chi connectivity index (χ4v) is 3.69. The van der Waals surface area contributed by atoms with Gasteiger partial charge in [-0.3, -0.25) is 0 Å². The SMILES string of the molecule is CCCNC(Cc1cccc(C)c1)C1(OCC)CCCC1. The zero-order valence-electron chi connectivity index (χ0n) is 14.0. The monoisotopic (exact) mass is 289 g/mol. The van der Waals surface area contributed by atoms with Gasteiger partial charge in [-0.2, -0.15) is 0 Å². The van der Waals surface area contributed by atoms with Gasteiger partial charge < -0.3 is 10.1 Å². The third-order valence-electron chi connectivity index (χ3n) is 4.68. The predicted molar refractivity (Wildman–Crippen MR) is 89.8 cm³/mol. The maximum atomic E-state index is 6.29. The van der Waals surface area contributed by atoms with E-state index < -0.39 is 0 Å². The van der Waals surface area contributed by atoms with Crippen LogP contribution >= 0.6 is 0 Å². The predicted octanol–water partition coefficient (Wildman–Crippen LogP) is 4.26. The third kappa shape index (κ3) is 4.31. The highest BCUT2D eigenvalue weighted by atomic mass is 16.5. The van der Waals surface area contributed by atoms with Crippen molar-refractivity contribution in [2.45, 2.75) is 70.9 Å². The van der Waals surface area contributed by atoms with E-state index in [1.54, 1.807) is 0 Å². The van der Waals surface area contributed by atoms with E-state index in [1.165, 1.54) is 43.2 Å². The molecule has 2 nitrogen and oxygen atoms in total.